The van der Waals surface area contributed by atoms with Crippen LogP contribution in [0.2, 0.25) is 0 Å². The zero-order valence-electron chi connectivity index (χ0n) is 14.2. The van der Waals surface area contributed by atoms with Crippen LogP contribution in [-0.4, -0.2) is 29.1 Å². The third-order valence-electron chi connectivity index (χ3n) is 3.50. The number of pyridine rings is 1. The fraction of sp³-hybridized carbons (Fsp3) is 0.263. The average Bonchev–Trinajstić information content (AvgIpc) is 2.65. The topological polar surface area (TPSA) is 83.5 Å². The van der Waals surface area contributed by atoms with Crippen LogP contribution in [0.3, 0.4) is 0 Å². The Bertz CT molecular complexity index is 715. The molecule has 6 heteroatoms. The molecule has 2 rings (SSSR count). The third kappa shape index (κ3) is 6.95. The van der Waals surface area contributed by atoms with Gasteiger partial charge in [0.1, 0.15) is 0 Å². The fourth-order valence-corrected chi connectivity index (χ4v) is 2.21. The summed E-state index contributed by atoms with van der Waals surface area (Å²) in [5, 5.41) is 6.81. The molecule has 1 aromatic heterocycles. The highest BCUT2D eigenvalue weighted by atomic mass is 16.2. The van der Waals surface area contributed by atoms with Gasteiger partial charge >= 0.3 is 0 Å². The molecule has 0 aliphatic carbocycles. The molecule has 2 aromatic rings. The second-order valence-electron chi connectivity index (χ2n) is 5.65. The monoisotopic (exact) mass is 338 g/mol. The number of hydrazone groups is 1. The summed E-state index contributed by atoms with van der Waals surface area (Å²) in [5.41, 5.74) is 4.64. The summed E-state index contributed by atoms with van der Waals surface area (Å²) in [6.07, 6.45) is 5.00. The minimum Gasteiger partial charge on any atom is -0.356 e. The number of aryl methyl sites for hydroxylation is 1. The standard InChI is InChI=1S/C19H22N4O2/c1-15(22-23-19(25)17-10-6-11-20-14-17)13-18(24)21-12-5-9-16-7-3-2-4-8-16/h2-4,6-8,10-11,14H,5,9,12-13H2,1H3,(H,21,24)(H,23,25)/b22-15+. The molecule has 0 bridgehead atoms. The minimum absolute atomic E-state index is 0.107. The number of hydrogen-bond donors (Lipinski definition) is 2. The molecule has 0 saturated heterocycles. The second-order valence-corrected chi connectivity index (χ2v) is 5.65. The molecule has 0 atom stereocenters. The lowest BCUT2D eigenvalue weighted by Crippen LogP contribution is -2.27. The number of nitrogens with zero attached hydrogens (tertiary/aromatic N) is 2. The van der Waals surface area contributed by atoms with Crippen molar-refractivity contribution in [3.63, 3.8) is 0 Å². The van der Waals surface area contributed by atoms with Crippen LogP contribution in [0, 0.1) is 0 Å². The Morgan fingerprint density at radius 3 is 2.64 bits per heavy atom. The van der Waals surface area contributed by atoms with Crippen molar-refractivity contribution in [2.45, 2.75) is 26.2 Å². The van der Waals surface area contributed by atoms with E-state index < -0.39 is 0 Å². The molecule has 0 spiro atoms. The van der Waals surface area contributed by atoms with Gasteiger partial charge in [-0.3, -0.25) is 14.6 Å². The van der Waals surface area contributed by atoms with E-state index in [9.17, 15) is 9.59 Å². The lowest BCUT2D eigenvalue weighted by Gasteiger charge is -2.06. The average molecular weight is 338 g/mol. The van der Waals surface area contributed by atoms with Gasteiger partial charge in [-0.2, -0.15) is 5.10 Å². The molecule has 0 saturated carbocycles. The summed E-state index contributed by atoms with van der Waals surface area (Å²) in [6, 6.07) is 13.5. The van der Waals surface area contributed by atoms with Crippen molar-refractivity contribution < 1.29 is 9.59 Å². The van der Waals surface area contributed by atoms with E-state index in [1.807, 2.05) is 18.2 Å². The number of carbonyl (C=O) groups is 2. The van der Waals surface area contributed by atoms with Crippen LogP contribution < -0.4 is 10.7 Å². The predicted octanol–water partition coefficient (Wildman–Crippen LogP) is 2.33. The minimum atomic E-state index is -0.351. The predicted molar refractivity (Wildman–Crippen MR) is 97.2 cm³/mol. The van der Waals surface area contributed by atoms with E-state index in [2.05, 4.69) is 33.0 Å². The van der Waals surface area contributed by atoms with Crippen LogP contribution in [0.5, 0.6) is 0 Å². The maximum Gasteiger partial charge on any atom is 0.272 e. The normalized spacial score (nSPS) is 11.0. The number of nitrogens with one attached hydrogen (secondary N) is 2. The zero-order chi connectivity index (χ0) is 17.9. The maximum atomic E-state index is 11.9. The van der Waals surface area contributed by atoms with Crippen LogP contribution in [0.15, 0.2) is 60.0 Å². The second kappa shape index (κ2) is 9.97. The van der Waals surface area contributed by atoms with E-state index in [4.69, 9.17) is 0 Å². The summed E-state index contributed by atoms with van der Waals surface area (Å²) in [6.45, 7) is 2.32. The molecular formula is C19H22N4O2. The quantitative estimate of drug-likeness (QED) is 0.440. The van der Waals surface area contributed by atoms with Crippen molar-refractivity contribution in [2.24, 2.45) is 5.10 Å². The first-order valence-electron chi connectivity index (χ1n) is 8.19. The van der Waals surface area contributed by atoms with Gasteiger partial charge in [0.2, 0.25) is 5.91 Å². The largest absolute Gasteiger partial charge is 0.356 e. The Balaban J connectivity index is 1.66. The Morgan fingerprint density at radius 1 is 1.12 bits per heavy atom. The van der Waals surface area contributed by atoms with Gasteiger partial charge in [-0.1, -0.05) is 30.3 Å². The lowest BCUT2D eigenvalue weighted by molar-refractivity contribution is -0.119. The van der Waals surface area contributed by atoms with E-state index in [1.165, 1.54) is 11.8 Å². The van der Waals surface area contributed by atoms with Crippen LogP contribution in [0.25, 0.3) is 0 Å². The Labute approximate surface area is 147 Å². The first kappa shape index (κ1) is 18.3. The van der Waals surface area contributed by atoms with Crippen molar-refractivity contribution in [1.29, 1.82) is 0 Å². The van der Waals surface area contributed by atoms with Gasteiger partial charge in [-0.15, -0.1) is 0 Å². The van der Waals surface area contributed by atoms with E-state index in [0.717, 1.165) is 12.8 Å². The number of carbonyl (C=O) groups excluding carboxylic acids is 2. The highest BCUT2D eigenvalue weighted by Gasteiger charge is 2.06. The van der Waals surface area contributed by atoms with Crippen molar-refractivity contribution in [2.75, 3.05) is 6.54 Å². The number of benzene rings is 1. The Morgan fingerprint density at radius 2 is 1.92 bits per heavy atom. The van der Waals surface area contributed by atoms with Crippen LogP contribution in [-0.2, 0) is 11.2 Å². The lowest BCUT2D eigenvalue weighted by atomic mass is 10.1. The summed E-state index contributed by atoms with van der Waals surface area (Å²) < 4.78 is 0. The van der Waals surface area contributed by atoms with Crippen molar-refractivity contribution in [1.82, 2.24) is 15.7 Å². The zero-order valence-corrected chi connectivity index (χ0v) is 14.2. The molecule has 2 N–H and O–H groups in total. The summed E-state index contributed by atoms with van der Waals surface area (Å²) in [5.74, 6) is -0.458. The molecule has 0 fully saturated rings. The summed E-state index contributed by atoms with van der Waals surface area (Å²) in [4.78, 5) is 27.6. The van der Waals surface area contributed by atoms with Crippen molar-refractivity contribution in [3.8, 4) is 0 Å². The van der Waals surface area contributed by atoms with Gasteiger partial charge in [-0.25, -0.2) is 5.43 Å². The molecule has 1 heterocycles. The van der Waals surface area contributed by atoms with Crippen LogP contribution in [0.1, 0.15) is 35.7 Å². The number of hydrogen-bond acceptors (Lipinski definition) is 4. The summed E-state index contributed by atoms with van der Waals surface area (Å²) in [7, 11) is 0. The van der Waals surface area contributed by atoms with Gasteiger partial charge < -0.3 is 5.32 Å². The molecule has 6 nitrogen and oxygen atoms in total. The fourth-order valence-electron chi connectivity index (χ4n) is 2.21. The molecule has 0 aliphatic heterocycles. The first-order chi connectivity index (χ1) is 12.1. The van der Waals surface area contributed by atoms with Gasteiger partial charge in [0.05, 0.1) is 12.0 Å². The van der Waals surface area contributed by atoms with Crippen LogP contribution >= 0.6 is 0 Å². The van der Waals surface area contributed by atoms with Gasteiger partial charge in [-0.05, 0) is 37.5 Å². The van der Waals surface area contributed by atoms with E-state index >= 15 is 0 Å². The Hall–Kier alpha value is -3.02. The first-order valence-corrected chi connectivity index (χ1v) is 8.19. The van der Waals surface area contributed by atoms with Gasteiger partial charge in [0.25, 0.3) is 5.91 Å². The molecule has 0 aliphatic rings. The highest BCUT2D eigenvalue weighted by Crippen LogP contribution is 2.01. The number of amides is 2. The molecule has 130 valence electrons. The molecule has 0 unspecified atom stereocenters. The SMILES string of the molecule is C/C(CC(=O)NCCCc1ccccc1)=N\NC(=O)c1cccnc1. The Kier molecular flexibility index (Phi) is 7.31. The van der Waals surface area contributed by atoms with Crippen molar-refractivity contribution in [3.05, 3.63) is 66.0 Å². The highest BCUT2D eigenvalue weighted by molar-refractivity contribution is 6.01. The summed E-state index contributed by atoms with van der Waals surface area (Å²) >= 11 is 0. The molecular weight excluding hydrogens is 316 g/mol. The number of aromatic nitrogens is 1. The third-order valence-corrected chi connectivity index (χ3v) is 3.50. The molecule has 0 radical (unpaired) electrons. The molecule has 1 aromatic carbocycles. The molecule has 25 heavy (non-hydrogen) atoms. The van der Waals surface area contributed by atoms with E-state index in [0.29, 0.717) is 17.8 Å². The van der Waals surface area contributed by atoms with E-state index in [1.54, 1.807) is 25.3 Å². The molecule has 2 amide bonds. The maximum absolute atomic E-state index is 11.9. The van der Waals surface area contributed by atoms with E-state index in [-0.39, 0.29) is 18.2 Å². The van der Waals surface area contributed by atoms with Gasteiger partial charge in [0.15, 0.2) is 0 Å². The van der Waals surface area contributed by atoms with Crippen LogP contribution in [0.4, 0.5) is 0 Å². The van der Waals surface area contributed by atoms with Crippen molar-refractivity contribution >= 4 is 17.5 Å². The smallest absolute Gasteiger partial charge is 0.272 e. The number of rotatable bonds is 8. The van der Waals surface area contributed by atoms with Gasteiger partial charge in [0, 0.05) is 24.7 Å².